The Morgan fingerprint density at radius 2 is 1.61 bits per heavy atom. The van der Waals surface area contributed by atoms with E-state index < -0.39 is 23.3 Å². The predicted molar refractivity (Wildman–Crippen MR) is 135 cm³/mol. The summed E-state index contributed by atoms with van der Waals surface area (Å²) in [5.74, 6) is -0.109. The zero-order valence-corrected chi connectivity index (χ0v) is 20.0. The van der Waals surface area contributed by atoms with Gasteiger partial charge >= 0.3 is 11.7 Å². The van der Waals surface area contributed by atoms with E-state index in [0.717, 1.165) is 15.9 Å². The molecule has 1 unspecified atom stereocenters. The molecule has 2 N–H and O–H groups in total. The van der Waals surface area contributed by atoms with Gasteiger partial charge in [-0.2, -0.15) is 0 Å². The molecule has 0 aliphatic carbocycles. The Bertz CT molecular complexity index is 1540. The van der Waals surface area contributed by atoms with E-state index in [1.165, 1.54) is 13.2 Å². The molecular weight excluding hydrogens is 462 g/mol. The van der Waals surface area contributed by atoms with Crippen LogP contribution in [0.5, 0.6) is 5.75 Å². The van der Waals surface area contributed by atoms with E-state index in [0.29, 0.717) is 28.8 Å². The number of nitrogens with zero attached hydrogens (tertiary/aromatic N) is 1. The zero-order valence-electron chi connectivity index (χ0n) is 20.0. The maximum absolute atomic E-state index is 13.3. The van der Waals surface area contributed by atoms with Gasteiger partial charge in [-0.05, 0) is 60.5 Å². The summed E-state index contributed by atoms with van der Waals surface area (Å²) in [5, 5.41) is 3.05. The van der Waals surface area contributed by atoms with E-state index >= 15 is 0 Å². The van der Waals surface area contributed by atoms with Crippen LogP contribution in [0.4, 0.5) is 0 Å². The van der Waals surface area contributed by atoms with Gasteiger partial charge in [0.2, 0.25) is 0 Å². The number of carbonyl (C=O) groups excluding carboxylic acids is 2. The SMILES string of the molecule is COC(=O)c1ccc(C(C)n2c(=O)[nH]c3ccc(C(=O)NCc4ccc(OC)cc4)cc3c2=O)cc1. The van der Waals surface area contributed by atoms with E-state index in [1.807, 2.05) is 12.1 Å². The molecule has 0 aliphatic heterocycles. The molecule has 4 aromatic rings. The van der Waals surface area contributed by atoms with Crippen LogP contribution in [0, 0.1) is 0 Å². The van der Waals surface area contributed by atoms with Gasteiger partial charge in [0.15, 0.2) is 0 Å². The van der Waals surface area contributed by atoms with Gasteiger partial charge in [0.1, 0.15) is 5.75 Å². The van der Waals surface area contributed by atoms with Crippen molar-refractivity contribution in [3.8, 4) is 5.75 Å². The molecule has 0 radical (unpaired) electrons. The number of hydrogen-bond acceptors (Lipinski definition) is 6. The molecule has 4 rings (SSSR count). The summed E-state index contributed by atoms with van der Waals surface area (Å²) in [6, 6.07) is 17.7. The smallest absolute Gasteiger partial charge is 0.337 e. The summed E-state index contributed by atoms with van der Waals surface area (Å²) in [5.41, 5.74) is 1.44. The van der Waals surface area contributed by atoms with Gasteiger partial charge in [0.05, 0.1) is 36.7 Å². The van der Waals surface area contributed by atoms with E-state index in [-0.39, 0.29) is 11.3 Å². The lowest BCUT2D eigenvalue weighted by Gasteiger charge is -2.16. The summed E-state index contributed by atoms with van der Waals surface area (Å²) in [4.78, 5) is 53.2. The third-order valence-electron chi connectivity index (χ3n) is 6.00. The molecule has 3 aromatic carbocycles. The maximum Gasteiger partial charge on any atom is 0.337 e. The highest BCUT2D eigenvalue weighted by atomic mass is 16.5. The summed E-state index contributed by atoms with van der Waals surface area (Å²) in [6.07, 6.45) is 0. The third kappa shape index (κ3) is 4.90. The quantitative estimate of drug-likeness (QED) is 0.387. The van der Waals surface area contributed by atoms with Gasteiger partial charge in [-0.25, -0.2) is 9.59 Å². The number of methoxy groups -OCH3 is 2. The van der Waals surface area contributed by atoms with Gasteiger partial charge in [0, 0.05) is 12.1 Å². The number of amides is 1. The normalized spacial score (nSPS) is 11.6. The molecule has 0 spiro atoms. The van der Waals surface area contributed by atoms with Crippen molar-refractivity contribution in [2.45, 2.75) is 19.5 Å². The molecule has 9 heteroatoms. The largest absolute Gasteiger partial charge is 0.497 e. The van der Waals surface area contributed by atoms with Crippen LogP contribution in [-0.2, 0) is 11.3 Å². The molecule has 1 aromatic heterocycles. The van der Waals surface area contributed by atoms with Crippen molar-refractivity contribution >= 4 is 22.8 Å². The molecule has 1 amide bonds. The molecule has 36 heavy (non-hydrogen) atoms. The molecule has 0 aliphatic rings. The van der Waals surface area contributed by atoms with Crippen molar-refractivity contribution < 1.29 is 19.1 Å². The van der Waals surface area contributed by atoms with Crippen molar-refractivity contribution in [1.82, 2.24) is 14.9 Å². The van der Waals surface area contributed by atoms with Gasteiger partial charge < -0.3 is 19.8 Å². The minimum Gasteiger partial charge on any atom is -0.497 e. The highest BCUT2D eigenvalue weighted by Gasteiger charge is 2.17. The number of aromatic amines is 1. The molecule has 0 fully saturated rings. The first kappa shape index (κ1) is 24.5. The summed E-state index contributed by atoms with van der Waals surface area (Å²) < 4.78 is 10.9. The number of rotatable bonds is 7. The first-order valence-electron chi connectivity index (χ1n) is 11.2. The molecule has 0 bridgehead atoms. The fourth-order valence-corrected chi connectivity index (χ4v) is 3.91. The lowest BCUT2D eigenvalue weighted by molar-refractivity contribution is 0.0600. The highest BCUT2D eigenvalue weighted by Crippen LogP contribution is 2.18. The lowest BCUT2D eigenvalue weighted by Crippen LogP contribution is -2.37. The van der Waals surface area contributed by atoms with Crippen LogP contribution in [0.15, 0.2) is 76.3 Å². The van der Waals surface area contributed by atoms with E-state index in [1.54, 1.807) is 62.6 Å². The molecular formula is C27H25N3O6. The van der Waals surface area contributed by atoms with Crippen molar-refractivity contribution in [3.05, 3.63) is 110 Å². The van der Waals surface area contributed by atoms with Crippen LogP contribution >= 0.6 is 0 Å². The molecule has 0 saturated heterocycles. The second-order valence-corrected chi connectivity index (χ2v) is 8.19. The first-order chi connectivity index (χ1) is 17.3. The minimum atomic E-state index is -0.620. The molecule has 9 nitrogen and oxygen atoms in total. The van der Waals surface area contributed by atoms with Crippen molar-refractivity contribution in [2.24, 2.45) is 0 Å². The summed E-state index contributed by atoms with van der Waals surface area (Å²) >= 11 is 0. The van der Waals surface area contributed by atoms with Crippen molar-refractivity contribution in [1.29, 1.82) is 0 Å². The molecule has 184 valence electrons. The van der Waals surface area contributed by atoms with Crippen LogP contribution in [0.25, 0.3) is 10.9 Å². The van der Waals surface area contributed by atoms with Crippen LogP contribution in [0.2, 0.25) is 0 Å². The zero-order chi connectivity index (χ0) is 25.8. The number of benzene rings is 3. The van der Waals surface area contributed by atoms with Crippen molar-refractivity contribution in [3.63, 3.8) is 0 Å². The predicted octanol–water partition coefficient (Wildman–Crippen LogP) is 3.02. The van der Waals surface area contributed by atoms with Crippen LogP contribution in [0.1, 0.15) is 44.8 Å². The number of aromatic nitrogens is 2. The van der Waals surface area contributed by atoms with E-state index in [9.17, 15) is 19.2 Å². The molecule has 1 atom stereocenters. The second-order valence-electron chi connectivity index (χ2n) is 8.19. The fraction of sp³-hybridized carbons (Fsp3) is 0.185. The van der Waals surface area contributed by atoms with Gasteiger partial charge in [-0.3, -0.25) is 14.2 Å². The van der Waals surface area contributed by atoms with Crippen LogP contribution in [0.3, 0.4) is 0 Å². The Kier molecular flexibility index (Phi) is 7.00. The van der Waals surface area contributed by atoms with Crippen LogP contribution < -0.4 is 21.3 Å². The average molecular weight is 488 g/mol. The van der Waals surface area contributed by atoms with Gasteiger partial charge in [0.25, 0.3) is 11.5 Å². The standard InChI is InChI=1S/C27H25N3O6/c1-16(18-6-8-19(9-7-18)26(33)36-3)30-25(32)22-14-20(10-13-23(22)29-27(30)34)24(31)28-15-17-4-11-21(35-2)12-5-17/h4-14,16H,15H2,1-3H3,(H,28,31)(H,29,34). The Hall–Kier alpha value is -4.66. The monoisotopic (exact) mass is 487 g/mol. The first-order valence-corrected chi connectivity index (χ1v) is 11.2. The Balaban J connectivity index is 1.61. The summed E-state index contributed by atoms with van der Waals surface area (Å²) in [7, 11) is 2.87. The number of hydrogen-bond donors (Lipinski definition) is 2. The van der Waals surface area contributed by atoms with E-state index in [2.05, 4.69) is 10.3 Å². The lowest BCUT2D eigenvalue weighted by atomic mass is 10.1. The van der Waals surface area contributed by atoms with Gasteiger partial charge in [-0.1, -0.05) is 24.3 Å². The number of fused-ring (bicyclic) bond motifs is 1. The number of carbonyl (C=O) groups is 2. The second kappa shape index (κ2) is 10.3. The van der Waals surface area contributed by atoms with Gasteiger partial charge in [-0.15, -0.1) is 0 Å². The molecule has 0 saturated carbocycles. The topological polar surface area (TPSA) is 119 Å². The average Bonchev–Trinajstić information content (AvgIpc) is 2.91. The number of H-pyrrole nitrogens is 1. The highest BCUT2D eigenvalue weighted by molar-refractivity contribution is 5.97. The number of nitrogens with one attached hydrogen (secondary N) is 2. The Morgan fingerprint density at radius 3 is 2.25 bits per heavy atom. The van der Waals surface area contributed by atoms with E-state index in [4.69, 9.17) is 9.47 Å². The maximum atomic E-state index is 13.3. The summed E-state index contributed by atoms with van der Waals surface area (Å²) in [6.45, 7) is 2.01. The Labute approximate surface area is 206 Å². The van der Waals surface area contributed by atoms with Crippen LogP contribution in [-0.4, -0.2) is 35.6 Å². The number of ether oxygens (including phenoxy) is 2. The Morgan fingerprint density at radius 1 is 0.944 bits per heavy atom. The minimum absolute atomic E-state index is 0.213. The third-order valence-corrected chi connectivity index (χ3v) is 6.00. The fourth-order valence-electron chi connectivity index (χ4n) is 3.91. The molecule has 1 heterocycles. The van der Waals surface area contributed by atoms with Crippen molar-refractivity contribution in [2.75, 3.05) is 14.2 Å². The number of esters is 1.